The van der Waals surface area contributed by atoms with E-state index in [4.69, 9.17) is 4.74 Å². The van der Waals surface area contributed by atoms with E-state index in [1.165, 1.54) is 0 Å². The fourth-order valence-corrected chi connectivity index (χ4v) is 0.463. The summed E-state index contributed by atoms with van der Waals surface area (Å²) < 4.78 is 6.42. The van der Waals surface area contributed by atoms with Crippen molar-refractivity contribution in [3.05, 3.63) is 18.5 Å². The first kappa shape index (κ1) is 5.31. The van der Waals surface area contributed by atoms with Gasteiger partial charge in [0.25, 0.3) is 0 Å². The summed E-state index contributed by atoms with van der Waals surface area (Å²) >= 11 is 0. The Labute approximate surface area is 47.9 Å². The molecule has 0 spiro atoms. The van der Waals surface area contributed by atoms with Gasteiger partial charge in [-0.25, -0.2) is 4.68 Å². The normalized spacial score (nSPS) is 9.62. The van der Waals surface area contributed by atoms with Crippen molar-refractivity contribution in [3.8, 4) is 0 Å². The highest BCUT2D eigenvalue weighted by atomic mass is 16.5. The van der Waals surface area contributed by atoms with Crippen LogP contribution in [0.2, 0.25) is 0 Å². The summed E-state index contributed by atoms with van der Waals surface area (Å²) in [4.78, 5) is 0. The maximum absolute atomic E-state index is 4.77. The van der Waals surface area contributed by atoms with E-state index in [0.29, 0.717) is 6.73 Å². The SMILES string of the molecule is COCn1c[c]cn1. The van der Waals surface area contributed by atoms with Crippen LogP contribution in [-0.4, -0.2) is 16.9 Å². The van der Waals surface area contributed by atoms with Gasteiger partial charge < -0.3 is 4.74 Å². The van der Waals surface area contributed by atoms with Crippen LogP contribution in [0, 0.1) is 6.07 Å². The molecule has 0 unspecified atom stereocenters. The van der Waals surface area contributed by atoms with Crippen molar-refractivity contribution < 1.29 is 4.74 Å². The van der Waals surface area contributed by atoms with E-state index in [1.807, 2.05) is 0 Å². The molecule has 3 nitrogen and oxygen atoms in total. The van der Waals surface area contributed by atoms with Crippen molar-refractivity contribution in [2.75, 3.05) is 7.11 Å². The molecular weight excluding hydrogens is 104 g/mol. The van der Waals surface area contributed by atoms with Crippen LogP contribution >= 0.6 is 0 Å². The summed E-state index contributed by atoms with van der Waals surface area (Å²) in [5.74, 6) is 0. The highest BCUT2D eigenvalue weighted by Crippen LogP contribution is 1.81. The van der Waals surface area contributed by atoms with Crippen molar-refractivity contribution in [3.63, 3.8) is 0 Å². The predicted molar refractivity (Wildman–Crippen MR) is 28.1 cm³/mol. The van der Waals surface area contributed by atoms with Gasteiger partial charge in [0.1, 0.15) is 6.73 Å². The van der Waals surface area contributed by atoms with E-state index in [-0.39, 0.29) is 0 Å². The Kier molecular flexibility index (Phi) is 1.64. The molecule has 1 aromatic heterocycles. The second-order valence-corrected chi connectivity index (χ2v) is 1.40. The number of ether oxygens (including phenoxy) is 1. The van der Waals surface area contributed by atoms with Gasteiger partial charge in [0.2, 0.25) is 0 Å². The summed E-state index contributed by atoms with van der Waals surface area (Å²) in [6, 6.07) is 2.79. The molecule has 0 aromatic carbocycles. The summed E-state index contributed by atoms with van der Waals surface area (Å²) in [6.45, 7) is 0.503. The average molecular weight is 111 g/mol. The minimum absolute atomic E-state index is 0.503. The molecule has 0 fully saturated rings. The molecule has 0 saturated heterocycles. The van der Waals surface area contributed by atoms with Gasteiger partial charge in [-0.2, -0.15) is 5.10 Å². The van der Waals surface area contributed by atoms with Crippen LogP contribution in [0.4, 0.5) is 0 Å². The third kappa shape index (κ3) is 1.07. The minimum Gasteiger partial charge on any atom is -0.362 e. The number of aromatic nitrogens is 2. The minimum atomic E-state index is 0.503. The largest absolute Gasteiger partial charge is 0.362 e. The average Bonchev–Trinajstić information content (AvgIpc) is 2.19. The van der Waals surface area contributed by atoms with E-state index >= 15 is 0 Å². The van der Waals surface area contributed by atoms with Gasteiger partial charge in [-0.3, -0.25) is 0 Å². The lowest BCUT2D eigenvalue weighted by Crippen LogP contribution is -1.98. The Balaban J connectivity index is 2.50. The standard InChI is InChI=1S/C5H7N2O/c1-8-5-7-4-2-3-6-7/h3-4H,5H2,1H3. The number of hydrogen-bond donors (Lipinski definition) is 0. The summed E-state index contributed by atoms with van der Waals surface area (Å²) in [5, 5.41) is 3.84. The highest BCUT2D eigenvalue weighted by molar-refractivity contribution is 4.72. The van der Waals surface area contributed by atoms with Crippen LogP contribution in [0.15, 0.2) is 12.4 Å². The van der Waals surface area contributed by atoms with Crippen molar-refractivity contribution in [2.45, 2.75) is 6.73 Å². The first-order valence-corrected chi connectivity index (χ1v) is 2.31. The van der Waals surface area contributed by atoms with E-state index in [1.54, 1.807) is 24.2 Å². The Bertz CT molecular complexity index is 136. The lowest BCUT2D eigenvalue weighted by atomic mass is 10.8. The Hall–Kier alpha value is -0.830. The molecule has 1 radical (unpaired) electrons. The van der Waals surface area contributed by atoms with Crippen molar-refractivity contribution >= 4 is 0 Å². The number of hydrogen-bond acceptors (Lipinski definition) is 2. The first-order chi connectivity index (χ1) is 3.93. The second kappa shape index (κ2) is 2.47. The lowest BCUT2D eigenvalue weighted by Gasteiger charge is -1.94. The molecule has 0 atom stereocenters. The maximum atomic E-state index is 4.77. The molecule has 43 valence electrons. The number of nitrogens with zero attached hydrogens (tertiary/aromatic N) is 2. The number of rotatable bonds is 2. The van der Waals surface area contributed by atoms with Gasteiger partial charge in [-0.15, -0.1) is 0 Å². The Morgan fingerprint density at radius 1 is 1.88 bits per heavy atom. The third-order valence-corrected chi connectivity index (χ3v) is 0.766. The molecule has 0 amide bonds. The van der Waals surface area contributed by atoms with Crippen LogP contribution < -0.4 is 0 Å². The van der Waals surface area contributed by atoms with E-state index < -0.39 is 0 Å². The van der Waals surface area contributed by atoms with Crippen molar-refractivity contribution in [2.24, 2.45) is 0 Å². The molecule has 0 saturated carbocycles. The zero-order valence-corrected chi connectivity index (χ0v) is 4.66. The zero-order valence-electron chi connectivity index (χ0n) is 4.66. The zero-order chi connectivity index (χ0) is 5.82. The molecule has 0 aliphatic heterocycles. The third-order valence-electron chi connectivity index (χ3n) is 0.766. The Morgan fingerprint density at radius 2 is 2.75 bits per heavy atom. The van der Waals surface area contributed by atoms with Gasteiger partial charge in [0.15, 0.2) is 0 Å². The van der Waals surface area contributed by atoms with Gasteiger partial charge in [0, 0.05) is 19.4 Å². The van der Waals surface area contributed by atoms with Gasteiger partial charge in [-0.05, 0) is 0 Å². The Morgan fingerprint density at radius 3 is 3.25 bits per heavy atom. The smallest absolute Gasteiger partial charge is 0.138 e. The molecule has 0 N–H and O–H groups in total. The van der Waals surface area contributed by atoms with Gasteiger partial charge in [-0.1, -0.05) is 0 Å². The molecule has 0 aliphatic carbocycles. The fraction of sp³-hybridized carbons (Fsp3) is 0.400. The van der Waals surface area contributed by atoms with Crippen molar-refractivity contribution in [1.29, 1.82) is 0 Å². The highest BCUT2D eigenvalue weighted by Gasteiger charge is 1.82. The van der Waals surface area contributed by atoms with Crippen LogP contribution in [0.1, 0.15) is 0 Å². The molecule has 0 bridgehead atoms. The van der Waals surface area contributed by atoms with Gasteiger partial charge >= 0.3 is 0 Å². The van der Waals surface area contributed by atoms with Crippen molar-refractivity contribution in [1.82, 2.24) is 9.78 Å². The van der Waals surface area contributed by atoms with Crippen LogP contribution in [0.5, 0.6) is 0 Å². The first-order valence-electron chi connectivity index (χ1n) is 2.31. The summed E-state index contributed by atoms with van der Waals surface area (Å²) in [6.07, 6.45) is 3.32. The van der Waals surface area contributed by atoms with Crippen LogP contribution in [-0.2, 0) is 11.5 Å². The second-order valence-electron chi connectivity index (χ2n) is 1.40. The molecular formula is C5H7N2O. The predicted octanol–water partition coefficient (Wildman–Crippen LogP) is 0.287. The van der Waals surface area contributed by atoms with E-state index in [9.17, 15) is 0 Å². The summed E-state index contributed by atoms with van der Waals surface area (Å²) in [5.41, 5.74) is 0. The molecule has 8 heavy (non-hydrogen) atoms. The van der Waals surface area contributed by atoms with Crippen LogP contribution in [0.25, 0.3) is 0 Å². The maximum Gasteiger partial charge on any atom is 0.138 e. The topological polar surface area (TPSA) is 27.1 Å². The van der Waals surface area contributed by atoms with E-state index in [0.717, 1.165) is 0 Å². The molecule has 1 heterocycles. The quantitative estimate of drug-likeness (QED) is 0.548. The number of methoxy groups -OCH3 is 1. The van der Waals surface area contributed by atoms with Gasteiger partial charge in [0.05, 0.1) is 6.20 Å². The fourth-order valence-electron chi connectivity index (χ4n) is 0.463. The lowest BCUT2D eigenvalue weighted by molar-refractivity contribution is 0.120. The molecule has 1 rings (SSSR count). The molecule has 3 heteroatoms. The van der Waals surface area contributed by atoms with E-state index in [2.05, 4.69) is 11.2 Å². The summed E-state index contributed by atoms with van der Waals surface area (Å²) in [7, 11) is 1.63. The molecule has 1 aromatic rings. The van der Waals surface area contributed by atoms with Crippen LogP contribution in [0.3, 0.4) is 0 Å². The molecule has 0 aliphatic rings. The monoisotopic (exact) mass is 111 g/mol.